The largest absolute Gasteiger partial charge is 0.148 e. The predicted octanol–water partition coefficient (Wildman–Crippen LogP) is 4.56. The van der Waals surface area contributed by atoms with Crippen molar-refractivity contribution in [3.63, 3.8) is 0 Å². The number of hydrogen-bond acceptors (Lipinski definition) is 1. The number of rotatable bonds is 2. The third kappa shape index (κ3) is 2.57. The van der Waals surface area contributed by atoms with E-state index >= 15 is 0 Å². The Morgan fingerprint density at radius 2 is 2.00 bits per heavy atom. The zero-order valence-corrected chi connectivity index (χ0v) is 10.2. The molecule has 0 aliphatic heterocycles. The van der Waals surface area contributed by atoms with E-state index < -0.39 is 0 Å². The van der Waals surface area contributed by atoms with E-state index in [0.29, 0.717) is 11.3 Å². The molecule has 0 aromatic carbocycles. The summed E-state index contributed by atoms with van der Waals surface area (Å²) in [4.78, 5) is 1.50. The smallest absolute Gasteiger partial charge is 0.0102 e. The van der Waals surface area contributed by atoms with Crippen LogP contribution >= 0.6 is 11.3 Å². The van der Waals surface area contributed by atoms with Gasteiger partial charge in [-0.05, 0) is 34.8 Å². The monoisotopic (exact) mass is 196 g/mol. The Morgan fingerprint density at radius 1 is 1.38 bits per heavy atom. The maximum absolute atomic E-state index is 2.37. The Bertz CT molecular complexity index is 265. The van der Waals surface area contributed by atoms with Crippen LogP contribution in [0, 0.1) is 0 Å². The fourth-order valence-electron chi connectivity index (χ4n) is 1.24. The lowest BCUT2D eigenvalue weighted by Gasteiger charge is -2.15. The molecule has 1 atom stereocenters. The molecule has 1 rings (SSSR count). The molecule has 0 N–H and O–H groups in total. The Hall–Kier alpha value is -0.300. The molecule has 0 bridgehead atoms. The van der Waals surface area contributed by atoms with Crippen LogP contribution in [0.2, 0.25) is 0 Å². The van der Waals surface area contributed by atoms with Gasteiger partial charge in [-0.1, -0.05) is 34.6 Å². The highest BCUT2D eigenvalue weighted by Gasteiger charge is 2.17. The van der Waals surface area contributed by atoms with Gasteiger partial charge in [-0.25, -0.2) is 0 Å². The van der Waals surface area contributed by atoms with Gasteiger partial charge >= 0.3 is 0 Å². The first-order valence-corrected chi connectivity index (χ1v) is 5.92. The molecule has 1 aromatic heterocycles. The molecular formula is C12H20S. The van der Waals surface area contributed by atoms with Crippen LogP contribution in [0.15, 0.2) is 11.4 Å². The number of hydrogen-bond donors (Lipinski definition) is 0. The third-order valence-corrected chi connectivity index (χ3v) is 3.91. The van der Waals surface area contributed by atoms with Gasteiger partial charge in [-0.2, -0.15) is 0 Å². The SMILES string of the molecule is CCC(C)c1csc(C(C)(C)C)c1. The van der Waals surface area contributed by atoms with Crippen molar-refractivity contribution in [3.8, 4) is 0 Å². The first kappa shape index (κ1) is 10.8. The molecule has 1 heterocycles. The van der Waals surface area contributed by atoms with E-state index in [0.717, 1.165) is 0 Å². The van der Waals surface area contributed by atoms with Crippen molar-refractivity contribution in [1.82, 2.24) is 0 Å². The lowest BCUT2D eigenvalue weighted by molar-refractivity contribution is 0.602. The molecule has 0 aliphatic rings. The minimum Gasteiger partial charge on any atom is -0.148 e. The lowest BCUT2D eigenvalue weighted by atomic mass is 9.92. The maximum Gasteiger partial charge on any atom is 0.0102 e. The van der Waals surface area contributed by atoms with Crippen molar-refractivity contribution in [2.24, 2.45) is 0 Å². The molecule has 13 heavy (non-hydrogen) atoms. The molecule has 0 saturated carbocycles. The predicted molar refractivity (Wildman–Crippen MR) is 61.7 cm³/mol. The van der Waals surface area contributed by atoms with Crippen LogP contribution in [0.4, 0.5) is 0 Å². The van der Waals surface area contributed by atoms with Gasteiger partial charge in [0.05, 0.1) is 0 Å². The van der Waals surface area contributed by atoms with Gasteiger partial charge < -0.3 is 0 Å². The maximum atomic E-state index is 2.37. The first-order chi connectivity index (χ1) is 5.95. The zero-order valence-electron chi connectivity index (χ0n) is 9.35. The quantitative estimate of drug-likeness (QED) is 0.650. The number of thiophene rings is 1. The fourth-order valence-corrected chi connectivity index (χ4v) is 2.36. The molecular weight excluding hydrogens is 176 g/mol. The van der Waals surface area contributed by atoms with Gasteiger partial charge in [0.1, 0.15) is 0 Å². The second-order valence-corrected chi connectivity index (χ2v) is 5.71. The second-order valence-electron chi connectivity index (χ2n) is 4.80. The molecule has 0 fully saturated rings. The Balaban J connectivity index is 2.87. The van der Waals surface area contributed by atoms with Gasteiger partial charge in [0.25, 0.3) is 0 Å². The van der Waals surface area contributed by atoms with E-state index in [2.05, 4.69) is 46.1 Å². The summed E-state index contributed by atoms with van der Waals surface area (Å²) in [6, 6.07) is 2.37. The Labute approximate surface area is 86.0 Å². The molecule has 1 heteroatoms. The molecule has 0 aliphatic carbocycles. The Kier molecular flexibility index (Phi) is 3.18. The van der Waals surface area contributed by atoms with Crippen molar-refractivity contribution < 1.29 is 0 Å². The highest BCUT2D eigenvalue weighted by molar-refractivity contribution is 7.10. The van der Waals surface area contributed by atoms with Crippen LogP contribution in [-0.2, 0) is 5.41 Å². The summed E-state index contributed by atoms with van der Waals surface area (Å²) in [5, 5.41) is 2.31. The van der Waals surface area contributed by atoms with Crippen molar-refractivity contribution >= 4 is 11.3 Å². The summed E-state index contributed by atoms with van der Waals surface area (Å²) in [5.74, 6) is 0.715. The Morgan fingerprint density at radius 3 is 2.38 bits per heavy atom. The van der Waals surface area contributed by atoms with Crippen molar-refractivity contribution in [3.05, 3.63) is 21.9 Å². The normalized spacial score (nSPS) is 14.5. The van der Waals surface area contributed by atoms with Crippen LogP contribution in [-0.4, -0.2) is 0 Å². The molecule has 74 valence electrons. The molecule has 1 unspecified atom stereocenters. The second kappa shape index (κ2) is 3.83. The van der Waals surface area contributed by atoms with E-state index in [9.17, 15) is 0 Å². The summed E-state index contributed by atoms with van der Waals surface area (Å²) in [6.45, 7) is 11.4. The lowest BCUT2D eigenvalue weighted by Crippen LogP contribution is -2.08. The highest BCUT2D eigenvalue weighted by atomic mass is 32.1. The topological polar surface area (TPSA) is 0 Å². The van der Waals surface area contributed by atoms with Crippen LogP contribution < -0.4 is 0 Å². The average Bonchev–Trinajstić information content (AvgIpc) is 2.50. The van der Waals surface area contributed by atoms with Crippen molar-refractivity contribution in [2.45, 2.75) is 52.4 Å². The molecule has 0 radical (unpaired) electrons. The minimum atomic E-state index is 0.316. The summed E-state index contributed by atoms with van der Waals surface area (Å²) in [6.07, 6.45) is 1.24. The van der Waals surface area contributed by atoms with Gasteiger partial charge in [-0.15, -0.1) is 11.3 Å². The molecule has 1 aromatic rings. The van der Waals surface area contributed by atoms with Crippen LogP contribution in [0.25, 0.3) is 0 Å². The molecule has 0 amide bonds. The summed E-state index contributed by atoms with van der Waals surface area (Å²) in [7, 11) is 0. The van der Waals surface area contributed by atoms with Crippen molar-refractivity contribution in [1.29, 1.82) is 0 Å². The van der Waals surface area contributed by atoms with E-state index in [1.165, 1.54) is 16.9 Å². The summed E-state index contributed by atoms with van der Waals surface area (Å²) >= 11 is 1.90. The van der Waals surface area contributed by atoms with Gasteiger partial charge in [-0.3, -0.25) is 0 Å². The van der Waals surface area contributed by atoms with Crippen LogP contribution in [0.1, 0.15) is 57.4 Å². The molecule has 0 nitrogen and oxygen atoms in total. The highest BCUT2D eigenvalue weighted by Crippen LogP contribution is 2.32. The van der Waals surface area contributed by atoms with Crippen molar-refractivity contribution in [2.75, 3.05) is 0 Å². The third-order valence-electron chi connectivity index (χ3n) is 2.54. The zero-order chi connectivity index (χ0) is 10.1. The van der Waals surface area contributed by atoms with E-state index in [1.54, 1.807) is 0 Å². The van der Waals surface area contributed by atoms with E-state index in [-0.39, 0.29) is 0 Å². The fraction of sp³-hybridized carbons (Fsp3) is 0.667. The molecule has 0 saturated heterocycles. The minimum absolute atomic E-state index is 0.316. The summed E-state index contributed by atoms with van der Waals surface area (Å²) in [5.41, 5.74) is 1.83. The van der Waals surface area contributed by atoms with Gasteiger partial charge in [0, 0.05) is 4.88 Å². The van der Waals surface area contributed by atoms with Gasteiger partial charge in [0.2, 0.25) is 0 Å². The molecule has 0 spiro atoms. The first-order valence-electron chi connectivity index (χ1n) is 5.04. The van der Waals surface area contributed by atoms with E-state index in [4.69, 9.17) is 0 Å². The standard InChI is InChI=1S/C12H20S/c1-6-9(2)10-7-11(13-8-10)12(3,4)5/h7-9H,6H2,1-5H3. The summed E-state index contributed by atoms with van der Waals surface area (Å²) < 4.78 is 0. The van der Waals surface area contributed by atoms with Crippen LogP contribution in [0.3, 0.4) is 0 Å². The van der Waals surface area contributed by atoms with Gasteiger partial charge in [0.15, 0.2) is 0 Å². The average molecular weight is 196 g/mol. The van der Waals surface area contributed by atoms with E-state index in [1.807, 2.05) is 11.3 Å². The van der Waals surface area contributed by atoms with Crippen LogP contribution in [0.5, 0.6) is 0 Å².